The Morgan fingerprint density at radius 1 is 1.41 bits per heavy atom. The minimum atomic E-state index is -1.27. The van der Waals surface area contributed by atoms with Gasteiger partial charge >= 0.3 is 5.97 Å². The number of aliphatic hydroxyl groups is 1. The molecule has 0 aliphatic rings. The Morgan fingerprint density at radius 2 is 2.12 bits per heavy atom. The molecule has 0 fully saturated rings. The molecule has 17 heavy (non-hydrogen) atoms. The Hall–Kier alpha value is -1.69. The number of methoxy groups -OCH3 is 1. The first-order chi connectivity index (χ1) is 8.10. The summed E-state index contributed by atoms with van der Waals surface area (Å²) in [6.07, 6.45) is 0.354. The van der Waals surface area contributed by atoms with Gasteiger partial charge in [-0.3, -0.25) is 0 Å². The van der Waals surface area contributed by atoms with Crippen molar-refractivity contribution in [3.63, 3.8) is 0 Å². The second kappa shape index (κ2) is 6.15. The van der Waals surface area contributed by atoms with Gasteiger partial charge in [-0.1, -0.05) is 0 Å². The van der Waals surface area contributed by atoms with Gasteiger partial charge in [0.1, 0.15) is 11.3 Å². The number of carbonyl (C=O) groups excluding carboxylic acids is 1. The molecule has 1 aromatic rings. The van der Waals surface area contributed by atoms with Crippen molar-refractivity contribution >= 4 is 5.97 Å². The first-order valence-corrected chi connectivity index (χ1v) is 4.91. The van der Waals surface area contributed by atoms with Crippen LogP contribution in [0.3, 0.4) is 0 Å². The number of rotatable bonds is 5. The van der Waals surface area contributed by atoms with Crippen LogP contribution >= 0.6 is 0 Å². The lowest BCUT2D eigenvalue weighted by Gasteiger charge is -2.08. The van der Waals surface area contributed by atoms with Crippen LogP contribution in [0.1, 0.15) is 16.8 Å². The van der Waals surface area contributed by atoms with Gasteiger partial charge in [0, 0.05) is 19.1 Å². The number of hydrogen-bond acceptors (Lipinski definition) is 4. The maximum absolute atomic E-state index is 13.2. The minimum absolute atomic E-state index is 0.0118. The van der Waals surface area contributed by atoms with Gasteiger partial charge in [-0.25, -0.2) is 13.6 Å². The van der Waals surface area contributed by atoms with Gasteiger partial charge in [0.15, 0.2) is 11.6 Å². The third kappa shape index (κ3) is 3.39. The molecule has 6 heteroatoms. The fourth-order valence-electron chi connectivity index (χ4n) is 1.16. The molecule has 0 atom stereocenters. The third-order valence-electron chi connectivity index (χ3n) is 1.98. The van der Waals surface area contributed by atoms with Crippen LogP contribution < -0.4 is 4.74 Å². The van der Waals surface area contributed by atoms with Gasteiger partial charge < -0.3 is 14.6 Å². The maximum atomic E-state index is 13.2. The van der Waals surface area contributed by atoms with E-state index in [0.29, 0.717) is 6.42 Å². The van der Waals surface area contributed by atoms with Crippen molar-refractivity contribution in [1.29, 1.82) is 0 Å². The van der Waals surface area contributed by atoms with E-state index >= 15 is 0 Å². The molecule has 0 saturated heterocycles. The summed E-state index contributed by atoms with van der Waals surface area (Å²) in [5, 5.41) is 8.54. The molecule has 0 bridgehead atoms. The van der Waals surface area contributed by atoms with Gasteiger partial charge in [-0.2, -0.15) is 0 Å². The van der Waals surface area contributed by atoms with E-state index in [9.17, 15) is 13.6 Å². The molecule has 1 aromatic carbocycles. The molecular formula is C11H12F2O4. The van der Waals surface area contributed by atoms with Crippen LogP contribution in [0.25, 0.3) is 0 Å². The summed E-state index contributed by atoms with van der Waals surface area (Å²) >= 11 is 0. The maximum Gasteiger partial charge on any atom is 0.341 e. The standard InChI is InChI=1S/C11H12F2O4/c1-16-11(15)8-5-7(17-4-2-3-14)6-9(12)10(8)13/h5-6,14H,2-4H2,1H3. The Kier molecular flexibility index (Phi) is 4.84. The topological polar surface area (TPSA) is 55.8 Å². The van der Waals surface area contributed by atoms with E-state index in [2.05, 4.69) is 4.74 Å². The second-order valence-corrected chi connectivity index (χ2v) is 3.18. The fraction of sp³-hybridized carbons (Fsp3) is 0.364. The number of ether oxygens (including phenoxy) is 2. The van der Waals surface area contributed by atoms with Crippen LogP contribution in [0.2, 0.25) is 0 Å². The predicted octanol–water partition coefficient (Wildman–Crippen LogP) is 1.51. The van der Waals surface area contributed by atoms with Crippen LogP contribution in [-0.4, -0.2) is 31.4 Å². The van der Waals surface area contributed by atoms with E-state index in [1.54, 1.807) is 0 Å². The second-order valence-electron chi connectivity index (χ2n) is 3.18. The highest BCUT2D eigenvalue weighted by Gasteiger charge is 2.18. The zero-order valence-corrected chi connectivity index (χ0v) is 9.20. The Morgan fingerprint density at radius 3 is 2.71 bits per heavy atom. The number of aliphatic hydroxyl groups excluding tert-OH is 1. The molecule has 0 spiro atoms. The van der Waals surface area contributed by atoms with E-state index in [4.69, 9.17) is 9.84 Å². The quantitative estimate of drug-likeness (QED) is 0.632. The smallest absolute Gasteiger partial charge is 0.341 e. The van der Waals surface area contributed by atoms with Gasteiger partial charge in [-0.15, -0.1) is 0 Å². The predicted molar refractivity (Wildman–Crippen MR) is 54.9 cm³/mol. The first-order valence-electron chi connectivity index (χ1n) is 4.91. The highest BCUT2D eigenvalue weighted by atomic mass is 19.2. The van der Waals surface area contributed by atoms with Crippen molar-refractivity contribution in [3.05, 3.63) is 29.3 Å². The molecule has 0 radical (unpaired) electrons. The molecule has 0 aromatic heterocycles. The first kappa shape index (κ1) is 13.4. The molecule has 0 saturated carbocycles. The van der Waals surface area contributed by atoms with Crippen molar-refractivity contribution < 1.29 is 28.2 Å². The van der Waals surface area contributed by atoms with Crippen molar-refractivity contribution in [3.8, 4) is 5.75 Å². The van der Waals surface area contributed by atoms with E-state index in [-0.39, 0.29) is 19.0 Å². The van der Waals surface area contributed by atoms with E-state index in [1.165, 1.54) is 0 Å². The van der Waals surface area contributed by atoms with Crippen LogP contribution in [0.4, 0.5) is 8.78 Å². The van der Waals surface area contributed by atoms with Gasteiger partial charge in [0.2, 0.25) is 0 Å². The van der Waals surface area contributed by atoms with Crippen LogP contribution in [0.5, 0.6) is 5.75 Å². The summed E-state index contributed by atoms with van der Waals surface area (Å²) in [4.78, 5) is 11.1. The number of carbonyl (C=O) groups is 1. The normalized spacial score (nSPS) is 10.1. The molecule has 0 unspecified atom stereocenters. The molecule has 0 aliphatic carbocycles. The fourth-order valence-corrected chi connectivity index (χ4v) is 1.16. The van der Waals surface area contributed by atoms with Crippen molar-refractivity contribution in [1.82, 2.24) is 0 Å². The average Bonchev–Trinajstić information content (AvgIpc) is 2.32. The van der Waals surface area contributed by atoms with Gasteiger partial charge in [0.05, 0.1) is 13.7 Å². The van der Waals surface area contributed by atoms with E-state index < -0.39 is 23.2 Å². The summed E-state index contributed by atoms with van der Waals surface area (Å²) in [7, 11) is 1.07. The summed E-state index contributed by atoms with van der Waals surface area (Å²) in [6, 6.07) is 1.89. The van der Waals surface area contributed by atoms with Crippen LogP contribution in [-0.2, 0) is 4.74 Å². The Balaban J connectivity index is 2.93. The van der Waals surface area contributed by atoms with Crippen molar-refractivity contribution in [2.24, 2.45) is 0 Å². The van der Waals surface area contributed by atoms with Gasteiger partial charge in [0.25, 0.3) is 0 Å². The molecule has 94 valence electrons. The highest BCUT2D eigenvalue weighted by Crippen LogP contribution is 2.21. The number of esters is 1. The lowest BCUT2D eigenvalue weighted by molar-refractivity contribution is 0.0593. The number of benzene rings is 1. The van der Waals surface area contributed by atoms with E-state index in [1.807, 2.05) is 0 Å². The number of halogens is 2. The van der Waals surface area contributed by atoms with Crippen LogP contribution in [0.15, 0.2) is 12.1 Å². The lowest BCUT2D eigenvalue weighted by atomic mass is 10.2. The molecule has 4 nitrogen and oxygen atoms in total. The third-order valence-corrected chi connectivity index (χ3v) is 1.98. The summed E-state index contributed by atoms with van der Waals surface area (Å²) in [5.41, 5.74) is -0.522. The summed E-state index contributed by atoms with van der Waals surface area (Å²) < 4.78 is 35.7. The van der Waals surface area contributed by atoms with E-state index in [0.717, 1.165) is 19.2 Å². The summed E-state index contributed by atoms with van der Waals surface area (Å²) in [5.74, 6) is -3.43. The zero-order chi connectivity index (χ0) is 12.8. The highest BCUT2D eigenvalue weighted by molar-refractivity contribution is 5.90. The SMILES string of the molecule is COC(=O)c1cc(OCCCO)cc(F)c1F. The molecule has 1 N–H and O–H groups in total. The molecule has 0 amide bonds. The monoisotopic (exact) mass is 246 g/mol. The Bertz CT molecular complexity index is 407. The molecule has 0 heterocycles. The molecular weight excluding hydrogens is 234 g/mol. The van der Waals surface area contributed by atoms with Crippen LogP contribution in [0, 0.1) is 11.6 Å². The Labute approximate surface area is 96.8 Å². The van der Waals surface area contributed by atoms with Crippen molar-refractivity contribution in [2.45, 2.75) is 6.42 Å². The lowest BCUT2D eigenvalue weighted by Crippen LogP contribution is -2.08. The van der Waals surface area contributed by atoms with Gasteiger partial charge in [-0.05, 0) is 6.07 Å². The zero-order valence-electron chi connectivity index (χ0n) is 9.20. The molecule has 0 aliphatic heterocycles. The average molecular weight is 246 g/mol. The summed E-state index contributed by atoms with van der Waals surface area (Å²) in [6.45, 7) is 0.0652. The van der Waals surface area contributed by atoms with Crippen molar-refractivity contribution in [2.75, 3.05) is 20.3 Å². The largest absolute Gasteiger partial charge is 0.493 e. The minimum Gasteiger partial charge on any atom is -0.493 e. The molecule has 1 rings (SSSR count). The number of hydrogen-bond donors (Lipinski definition) is 1.